The van der Waals surface area contributed by atoms with E-state index < -0.39 is 0 Å². The van der Waals surface area contributed by atoms with Crippen LogP contribution in [-0.2, 0) is 9.78 Å². The van der Waals surface area contributed by atoms with Crippen LogP contribution in [0.1, 0.15) is 38.5 Å². The van der Waals surface area contributed by atoms with Gasteiger partial charge in [0.1, 0.15) is 0 Å². The van der Waals surface area contributed by atoms with Crippen LogP contribution in [0, 0.1) is 0 Å². The van der Waals surface area contributed by atoms with Crippen molar-refractivity contribution in [2.24, 2.45) is 0 Å². The molecule has 0 aromatic rings. The quantitative estimate of drug-likeness (QED) is 0.482. The summed E-state index contributed by atoms with van der Waals surface area (Å²) in [6.45, 7) is 0. The van der Waals surface area contributed by atoms with Gasteiger partial charge in [-0.3, -0.25) is 0 Å². The Morgan fingerprint density at radius 1 is 0.700 bits per heavy atom. The SMILES string of the molecule is C1CCC2CCC(C1)OO2. The Morgan fingerprint density at radius 2 is 1.20 bits per heavy atom. The summed E-state index contributed by atoms with van der Waals surface area (Å²) in [6, 6.07) is 0. The van der Waals surface area contributed by atoms with Gasteiger partial charge >= 0.3 is 0 Å². The molecule has 2 unspecified atom stereocenters. The Labute approximate surface area is 61.4 Å². The molecule has 0 radical (unpaired) electrons. The molecule has 0 N–H and O–H groups in total. The molecule has 2 nitrogen and oxygen atoms in total. The van der Waals surface area contributed by atoms with Gasteiger partial charge in [-0.15, -0.1) is 0 Å². The fourth-order valence-electron chi connectivity index (χ4n) is 1.75. The molecule has 1 saturated carbocycles. The molecule has 58 valence electrons. The van der Waals surface area contributed by atoms with Crippen LogP contribution < -0.4 is 0 Å². The van der Waals surface area contributed by atoms with E-state index in [2.05, 4.69) is 0 Å². The first-order valence-corrected chi connectivity index (χ1v) is 4.27. The van der Waals surface area contributed by atoms with Gasteiger partial charge < -0.3 is 0 Å². The second-order valence-corrected chi connectivity index (χ2v) is 3.30. The molecule has 1 aliphatic carbocycles. The van der Waals surface area contributed by atoms with Gasteiger partial charge in [0, 0.05) is 0 Å². The summed E-state index contributed by atoms with van der Waals surface area (Å²) >= 11 is 0. The van der Waals surface area contributed by atoms with Crippen LogP contribution >= 0.6 is 0 Å². The zero-order valence-corrected chi connectivity index (χ0v) is 6.21. The smallest absolute Gasteiger partial charge is 0.0931 e. The topological polar surface area (TPSA) is 18.5 Å². The third-order valence-electron chi connectivity index (χ3n) is 2.44. The Kier molecular flexibility index (Phi) is 1.91. The Morgan fingerprint density at radius 3 is 1.60 bits per heavy atom. The molecule has 0 aromatic carbocycles. The van der Waals surface area contributed by atoms with Crippen LogP contribution in [0.15, 0.2) is 0 Å². The van der Waals surface area contributed by atoms with E-state index >= 15 is 0 Å². The molecule has 3 rings (SSSR count). The summed E-state index contributed by atoms with van der Waals surface area (Å²) in [5.74, 6) is 0. The molecule has 0 spiro atoms. The Balaban J connectivity index is 1.94. The summed E-state index contributed by atoms with van der Waals surface area (Å²) in [5, 5.41) is 0. The predicted octanol–water partition coefficient (Wildman–Crippen LogP) is 2.04. The van der Waals surface area contributed by atoms with Crippen molar-refractivity contribution in [1.82, 2.24) is 0 Å². The van der Waals surface area contributed by atoms with Crippen molar-refractivity contribution in [1.29, 1.82) is 0 Å². The van der Waals surface area contributed by atoms with Crippen molar-refractivity contribution in [2.45, 2.75) is 50.7 Å². The van der Waals surface area contributed by atoms with Gasteiger partial charge in [0.05, 0.1) is 12.2 Å². The molecule has 0 amide bonds. The molecule has 2 bridgehead atoms. The minimum absolute atomic E-state index is 0.413. The first kappa shape index (κ1) is 6.62. The summed E-state index contributed by atoms with van der Waals surface area (Å²) < 4.78 is 0. The van der Waals surface area contributed by atoms with Crippen LogP contribution in [0.3, 0.4) is 0 Å². The third kappa shape index (κ3) is 1.32. The number of hydrogen-bond acceptors (Lipinski definition) is 2. The maximum atomic E-state index is 5.18. The van der Waals surface area contributed by atoms with Gasteiger partial charge in [0.2, 0.25) is 0 Å². The van der Waals surface area contributed by atoms with E-state index in [-0.39, 0.29) is 0 Å². The number of rotatable bonds is 0. The fourth-order valence-corrected chi connectivity index (χ4v) is 1.75. The summed E-state index contributed by atoms with van der Waals surface area (Å²) in [4.78, 5) is 10.4. The molecular formula is C8H14O2. The van der Waals surface area contributed by atoms with Crippen LogP contribution in [0.5, 0.6) is 0 Å². The maximum absolute atomic E-state index is 5.18. The Hall–Kier alpha value is -0.0800. The van der Waals surface area contributed by atoms with E-state index in [9.17, 15) is 0 Å². The lowest BCUT2D eigenvalue weighted by atomic mass is 9.96. The molecule has 10 heavy (non-hydrogen) atoms. The standard InChI is InChI=1S/C8H14O2/c1-2-4-8-6-5-7(3-1)9-10-8/h7-8H,1-6H2. The van der Waals surface area contributed by atoms with Gasteiger partial charge in [0.25, 0.3) is 0 Å². The Bertz CT molecular complexity index is 86.3. The van der Waals surface area contributed by atoms with E-state index in [0.717, 1.165) is 0 Å². The predicted molar refractivity (Wildman–Crippen MR) is 37.4 cm³/mol. The summed E-state index contributed by atoms with van der Waals surface area (Å²) in [5.41, 5.74) is 0. The fraction of sp³-hybridized carbons (Fsp3) is 1.00. The molecule has 3 aliphatic rings. The molecule has 2 atom stereocenters. The number of hydrogen-bond donors (Lipinski definition) is 0. The highest BCUT2D eigenvalue weighted by atomic mass is 17.2. The lowest BCUT2D eigenvalue weighted by Crippen LogP contribution is -2.29. The minimum Gasteiger partial charge on any atom is -0.233 e. The van der Waals surface area contributed by atoms with Gasteiger partial charge in [-0.25, -0.2) is 9.78 Å². The molecule has 0 aromatic heterocycles. The molecule has 2 saturated heterocycles. The molecular weight excluding hydrogens is 128 g/mol. The van der Waals surface area contributed by atoms with Crippen LogP contribution in [0.25, 0.3) is 0 Å². The normalized spacial score (nSPS) is 40.8. The number of fused-ring (bicyclic) bond motifs is 5. The van der Waals surface area contributed by atoms with Crippen molar-refractivity contribution in [3.8, 4) is 0 Å². The van der Waals surface area contributed by atoms with Crippen LogP contribution in [0.2, 0.25) is 0 Å². The van der Waals surface area contributed by atoms with Gasteiger partial charge in [-0.2, -0.15) is 0 Å². The first-order chi connectivity index (χ1) is 4.95. The summed E-state index contributed by atoms with van der Waals surface area (Å²) in [6.07, 6.45) is 8.30. The summed E-state index contributed by atoms with van der Waals surface area (Å²) in [7, 11) is 0. The largest absolute Gasteiger partial charge is 0.233 e. The van der Waals surface area contributed by atoms with Crippen LogP contribution in [-0.4, -0.2) is 12.2 Å². The molecule has 2 heteroatoms. The van der Waals surface area contributed by atoms with Gasteiger partial charge in [0.15, 0.2) is 0 Å². The average molecular weight is 142 g/mol. The highest BCUT2D eigenvalue weighted by Gasteiger charge is 2.25. The molecule has 2 aliphatic heterocycles. The minimum atomic E-state index is 0.413. The lowest BCUT2D eigenvalue weighted by molar-refractivity contribution is -0.378. The highest BCUT2D eigenvalue weighted by Crippen LogP contribution is 2.27. The van der Waals surface area contributed by atoms with E-state index in [1.54, 1.807) is 0 Å². The second-order valence-electron chi connectivity index (χ2n) is 3.30. The average Bonchev–Trinajstić information content (AvgIpc) is 1.89. The van der Waals surface area contributed by atoms with Crippen molar-refractivity contribution in [3.05, 3.63) is 0 Å². The first-order valence-electron chi connectivity index (χ1n) is 4.27. The molecule has 3 fully saturated rings. The van der Waals surface area contributed by atoms with E-state index in [1.807, 2.05) is 0 Å². The monoisotopic (exact) mass is 142 g/mol. The molecule has 2 heterocycles. The second kappa shape index (κ2) is 2.89. The van der Waals surface area contributed by atoms with E-state index in [0.29, 0.717) is 12.2 Å². The van der Waals surface area contributed by atoms with E-state index in [1.165, 1.54) is 38.5 Å². The van der Waals surface area contributed by atoms with E-state index in [4.69, 9.17) is 9.78 Å². The van der Waals surface area contributed by atoms with Crippen molar-refractivity contribution >= 4 is 0 Å². The van der Waals surface area contributed by atoms with Gasteiger partial charge in [-0.1, -0.05) is 12.8 Å². The third-order valence-corrected chi connectivity index (χ3v) is 2.44. The van der Waals surface area contributed by atoms with Crippen LogP contribution in [0.4, 0.5) is 0 Å². The maximum Gasteiger partial charge on any atom is 0.0931 e. The zero-order valence-electron chi connectivity index (χ0n) is 6.21. The van der Waals surface area contributed by atoms with Crippen molar-refractivity contribution < 1.29 is 9.78 Å². The zero-order chi connectivity index (χ0) is 6.81. The van der Waals surface area contributed by atoms with Crippen molar-refractivity contribution in [2.75, 3.05) is 0 Å². The van der Waals surface area contributed by atoms with Crippen molar-refractivity contribution in [3.63, 3.8) is 0 Å². The van der Waals surface area contributed by atoms with Gasteiger partial charge in [-0.05, 0) is 25.7 Å². The highest BCUT2D eigenvalue weighted by molar-refractivity contribution is 4.70. The lowest BCUT2D eigenvalue weighted by Gasteiger charge is -2.30.